The molecule has 3 atom stereocenters. The summed E-state index contributed by atoms with van der Waals surface area (Å²) in [7, 11) is 0. The first-order valence-corrected chi connectivity index (χ1v) is 8.55. The summed E-state index contributed by atoms with van der Waals surface area (Å²) in [6.07, 6.45) is 1.70. The summed E-state index contributed by atoms with van der Waals surface area (Å²) in [6, 6.07) is 7.15. The number of rotatable bonds is 4. The average molecular weight is 355 g/mol. The molecule has 0 amide bonds. The highest BCUT2D eigenvalue weighted by Crippen LogP contribution is 2.51. The van der Waals surface area contributed by atoms with Gasteiger partial charge in [-0.25, -0.2) is 4.79 Å². The Kier molecular flexibility index (Phi) is 3.66. The first-order valence-electron chi connectivity index (χ1n) is 8.55. The Morgan fingerprint density at radius 3 is 2.69 bits per heavy atom. The number of epoxide rings is 1. The highest BCUT2D eigenvalue weighted by Gasteiger charge is 2.53. The van der Waals surface area contributed by atoms with E-state index in [2.05, 4.69) is 35.5 Å². The number of aryl methyl sites for hydroxylation is 1. The van der Waals surface area contributed by atoms with Crippen LogP contribution < -0.4 is 0 Å². The number of carbonyl (C=O) groups is 1. The Morgan fingerprint density at radius 1 is 1.31 bits per heavy atom. The van der Waals surface area contributed by atoms with Crippen LogP contribution in [0.4, 0.5) is 0 Å². The van der Waals surface area contributed by atoms with Crippen LogP contribution >= 0.6 is 0 Å². The SMILES string of the molecule is Cc1noc(C2OC2C(n2ccc3cc(C(=O)O)ccc32)C(C)(C)C)n1. The lowest BCUT2D eigenvalue weighted by atomic mass is 9.83. The molecule has 26 heavy (non-hydrogen) atoms. The lowest BCUT2D eigenvalue weighted by Crippen LogP contribution is -2.29. The highest BCUT2D eigenvalue weighted by atomic mass is 16.6. The molecule has 0 spiro atoms. The first kappa shape index (κ1) is 16.8. The Hall–Kier alpha value is -2.67. The molecule has 1 N–H and O–H groups in total. The largest absolute Gasteiger partial charge is 0.478 e. The fraction of sp³-hybridized carbons (Fsp3) is 0.421. The molecule has 136 valence electrons. The van der Waals surface area contributed by atoms with Crippen LogP contribution in [0.1, 0.15) is 55.0 Å². The van der Waals surface area contributed by atoms with Crippen LogP contribution in [0.5, 0.6) is 0 Å². The molecule has 2 aromatic heterocycles. The Labute approximate surface area is 150 Å². The monoisotopic (exact) mass is 355 g/mol. The number of hydrogen-bond acceptors (Lipinski definition) is 5. The smallest absolute Gasteiger partial charge is 0.335 e. The minimum Gasteiger partial charge on any atom is -0.478 e. The second kappa shape index (κ2) is 5.67. The number of aromatic carboxylic acids is 1. The summed E-state index contributed by atoms with van der Waals surface area (Å²) >= 11 is 0. The molecule has 4 rings (SSSR count). The molecule has 0 bridgehead atoms. The molecule has 7 heteroatoms. The minimum absolute atomic E-state index is 0.0351. The number of carboxylic acid groups (broad SMARTS) is 1. The zero-order valence-electron chi connectivity index (χ0n) is 15.1. The maximum absolute atomic E-state index is 11.2. The van der Waals surface area contributed by atoms with E-state index >= 15 is 0 Å². The summed E-state index contributed by atoms with van der Waals surface area (Å²) in [5.74, 6) is 0.171. The zero-order valence-corrected chi connectivity index (χ0v) is 15.1. The molecule has 3 aromatic rings. The quantitative estimate of drug-likeness (QED) is 0.716. The summed E-state index contributed by atoms with van der Waals surface area (Å²) in [6.45, 7) is 8.26. The molecule has 1 aliphatic heterocycles. The van der Waals surface area contributed by atoms with Gasteiger partial charge in [0.25, 0.3) is 5.89 Å². The number of nitrogens with zero attached hydrogens (tertiary/aromatic N) is 3. The van der Waals surface area contributed by atoms with Gasteiger partial charge in [-0.05, 0) is 36.6 Å². The van der Waals surface area contributed by atoms with E-state index in [-0.39, 0.29) is 29.2 Å². The van der Waals surface area contributed by atoms with E-state index in [0.29, 0.717) is 11.7 Å². The van der Waals surface area contributed by atoms with Crippen molar-refractivity contribution in [1.82, 2.24) is 14.7 Å². The van der Waals surface area contributed by atoms with E-state index in [1.54, 1.807) is 19.1 Å². The third-order valence-electron chi connectivity index (χ3n) is 4.78. The molecule has 0 saturated carbocycles. The van der Waals surface area contributed by atoms with Crippen LogP contribution in [0.3, 0.4) is 0 Å². The van der Waals surface area contributed by atoms with Gasteiger partial charge in [0.2, 0.25) is 0 Å². The van der Waals surface area contributed by atoms with Crippen LogP contribution in [0.15, 0.2) is 35.0 Å². The van der Waals surface area contributed by atoms with Crippen LogP contribution in [-0.2, 0) is 4.74 Å². The predicted octanol–water partition coefficient (Wildman–Crippen LogP) is 3.76. The van der Waals surface area contributed by atoms with Crippen molar-refractivity contribution in [1.29, 1.82) is 0 Å². The number of hydrogen-bond donors (Lipinski definition) is 1. The van der Waals surface area contributed by atoms with Gasteiger partial charge in [-0.15, -0.1) is 0 Å². The van der Waals surface area contributed by atoms with Gasteiger partial charge >= 0.3 is 5.97 Å². The zero-order chi connectivity index (χ0) is 18.6. The Morgan fingerprint density at radius 2 is 2.08 bits per heavy atom. The van der Waals surface area contributed by atoms with Crippen molar-refractivity contribution in [2.75, 3.05) is 0 Å². The van der Waals surface area contributed by atoms with Crippen molar-refractivity contribution in [3.05, 3.63) is 47.7 Å². The minimum atomic E-state index is -0.927. The van der Waals surface area contributed by atoms with E-state index in [9.17, 15) is 9.90 Å². The summed E-state index contributed by atoms with van der Waals surface area (Å²) in [5, 5.41) is 13.9. The second-order valence-electron chi connectivity index (χ2n) is 7.81. The van der Waals surface area contributed by atoms with Gasteiger partial charge in [-0.3, -0.25) is 0 Å². The molecular formula is C19H21N3O4. The van der Waals surface area contributed by atoms with Gasteiger partial charge in [-0.2, -0.15) is 4.98 Å². The van der Waals surface area contributed by atoms with Crippen molar-refractivity contribution in [3.63, 3.8) is 0 Å². The number of carboxylic acids is 1. The van der Waals surface area contributed by atoms with Crippen molar-refractivity contribution in [2.24, 2.45) is 5.41 Å². The van der Waals surface area contributed by atoms with Gasteiger partial charge in [0.1, 0.15) is 6.10 Å². The fourth-order valence-electron chi connectivity index (χ4n) is 3.60. The average Bonchev–Trinajstić information content (AvgIpc) is 3.01. The highest BCUT2D eigenvalue weighted by molar-refractivity contribution is 5.93. The van der Waals surface area contributed by atoms with Crippen LogP contribution in [0.25, 0.3) is 10.9 Å². The van der Waals surface area contributed by atoms with Crippen molar-refractivity contribution in [2.45, 2.75) is 45.9 Å². The first-order chi connectivity index (χ1) is 12.3. The molecule has 0 radical (unpaired) electrons. The van der Waals surface area contributed by atoms with Gasteiger partial charge in [0.05, 0.1) is 11.6 Å². The Bertz CT molecular complexity index is 982. The van der Waals surface area contributed by atoms with E-state index in [0.717, 1.165) is 10.9 Å². The van der Waals surface area contributed by atoms with Gasteiger partial charge in [-0.1, -0.05) is 25.9 Å². The third kappa shape index (κ3) is 2.78. The summed E-state index contributed by atoms with van der Waals surface area (Å²) in [4.78, 5) is 15.5. The van der Waals surface area contributed by atoms with Crippen molar-refractivity contribution in [3.8, 4) is 0 Å². The summed E-state index contributed by atoms with van der Waals surface area (Å²) < 4.78 is 13.4. The number of benzene rings is 1. The molecule has 1 saturated heterocycles. The van der Waals surface area contributed by atoms with Crippen LogP contribution in [0, 0.1) is 12.3 Å². The van der Waals surface area contributed by atoms with E-state index in [4.69, 9.17) is 9.26 Å². The molecule has 3 heterocycles. The van der Waals surface area contributed by atoms with Gasteiger partial charge < -0.3 is 18.9 Å². The molecule has 1 aromatic carbocycles. The van der Waals surface area contributed by atoms with E-state index < -0.39 is 5.97 Å². The number of ether oxygens (including phenoxy) is 1. The van der Waals surface area contributed by atoms with Crippen LogP contribution in [0.2, 0.25) is 0 Å². The lowest BCUT2D eigenvalue weighted by molar-refractivity contribution is 0.0697. The van der Waals surface area contributed by atoms with Crippen molar-refractivity contribution < 1.29 is 19.2 Å². The molecule has 1 fully saturated rings. The van der Waals surface area contributed by atoms with E-state index in [1.807, 2.05) is 18.3 Å². The second-order valence-corrected chi connectivity index (χ2v) is 7.81. The normalized spacial score (nSPS) is 21.1. The number of fused-ring (bicyclic) bond motifs is 1. The molecular weight excluding hydrogens is 334 g/mol. The lowest BCUT2D eigenvalue weighted by Gasteiger charge is -2.31. The standard InChI is InChI=1S/C19H21N3O4/c1-10-20-17(26-21-10)15-14(25-15)16(19(2,3)4)22-8-7-11-9-12(18(23)24)5-6-13(11)22/h5-9,14-16H,1-4H3,(H,23,24). The van der Waals surface area contributed by atoms with Crippen LogP contribution in [-0.4, -0.2) is 31.9 Å². The molecule has 7 nitrogen and oxygen atoms in total. The molecule has 3 unspecified atom stereocenters. The Balaban J connectivity index is 1.72. The van der Waals surface area contributed by atoms with Crippen molar-refractivity contribution >= 4 is 16.9 Å². The predicted molar refractivity (Wildman–Crippen MR) is 94.0 cm³/mol. The number of aromatic nitrogens is 3. The summed E-state index contributed by atoms with van der Waals surface area (Å²) in [5.41, 5.74) is 1.17. The van der Waals surface area contributed by atoms with Gasteiger partial charge in [0, 0.05) is 17.1 Å². The maximum Gasteiger partial charge on any atom is 0.335 e. The van der Waals surface area contributed by atoms with Gasteiger partial charge in [0.15, 0.2) is 11.9 Å². The topological polar surface area (TPSA) is 93.7 Å². The molecule has 0 aliphatic carbocycles. The molecule has 1 aliphatic rings. The fourth-order valence-corrected chi connectivity index (χ4v) is 3.60. The maximum atomic E-state index is 11.2. The third-order valence-corrected chi connectivity index (χ3v) is 4.78. The van der Waals surface area contributed by atoms with E-state index in [1.165, 1.54) is 0 Å².